The van der Waals surface area contributed by atoms with Gasteiger partial charge in [-0.2, -0.15) is 0 Å². The molecule has 0 heterocycles. The van der Waals surface area contributed by atoms with E-state index in [1.54, 1.807) is 0 Å². The lowest BCUT2D eigenvalue weighted by Gasteiger charge is -2.24. The molecule has 0 bridgehead atoms. The van der Waals surface area contributed by atoms with Gasteiger partial charge in [-0.3, -0.25) is 0 Å². The normalized spacial score (nSPS) is 20.4. The lowest BCUT2D eigenvalue weighted by molar-refractivity contribution is -0.133. The number of rotatable bonds is 6. The molecular weight excluding hydrogens is 183 g/mol. The fraction of sp³-hybridized carbons (Fsp3) is 0.857. The van der Waals surface area contributed by atoms with Crippen molar-refractivity contribution in [1.82, 2.24) is 0 Å². The van der Waals surface area contributed by atoms with E-state index in [1.807, 2.05) is 0 Å². The Morgan fingerprint density at radius 2 is 2.08 bits per heavy atom. The quantitative estimate of drug-likeness (QED) is 0.439. The monoisotopic (exact) mass is 196 g/mol. The number of carbonyl (C=O) groups is 1. The predicted molar refractivity (Wildman–Crippen MR) is 40.9 cm³/mol. The first-order valence-corrected chi connectivity index (χ1v) is 3.67. The molecule has 13 heavy (non-hydrogen) atoms. The summed E-state index contributed by atoms with van der Waals surface area (Å²) in [6.07, 6.45) is -6.68. The van der Waals surface area contributed by atoms with Gasteiger partial charge in [0.05, 0.1) is 6.61 Å². The van der Waals surface area contributed by atoms with E-state index >= 15 is 0 Å². The van der Waals surface area contributed by atoms with Crippen molar-refractivity contribution in [1.29, 1.82) is 0 Å². The van der Waals surface area contributed by atoms with Gasteiger partial charge in [-0.1, -0.05) is 0 Å². The Bertz CT molecular complexity index is 154. The molecule has 0 spiro atoms. The average Bonchev–Trinajstić information content (AvgIpc) is 2.17. The summed E-state index contributed by atoms with van der Waals surface area (Å²) in [5.74, 6) is 0. The molecule has 0 fully saturated rings. The van der Waals surface area contributed by atoms with Gasteiger partial charge in [0, 0.05) is 7.11 Å². The summed E-state index contributed by atoms with van der Waals surface area (Å²) in [5, 5.41) is 26.5. The second kappa shape index (κ2) is 5.98. The molecule has 0 aromatic carbocycles. The first-order chi connectivity index (χ1) is 6.08. The van der Waals surface area contributed by atoms with Gasteiger partial charge in [-0.25, -0.2) is 4.39 Å². The molecule has 0 amide bonds. The van der Waals surface area contributed by atoms with Crippen LogP contribution in [0.5, 0.6) is 0 Å². The second-order valence-corrected chi connectivity index (χ2v) is 2.52. The van der Waals surface area contributed by atoms with Crippen LogP contribution in [0.2, 0.25) is 0 Å². The third kappa shape index (κ3) is 3.35. The van der Waals surface area contributed by atoms with Gasteiger partial charge in [0.25, 0.3) is 0 Å². The maximum Gasteiger partial charge on any atom is 0.184 e. The summed E-state index contributed by atoms with van der Waals surface area (Å²) in [5.41, 5.74) is 0. The summed E-state index contributed by atoms with van der Waals surface area (Å²) in [6.45, 7) is -0.730. The molecule has 0 aromatic rings. The first kappa shape index (κ1) is 12.4. The number of methoxy groups -OCH3 is 1. The Morgan fingerprint density at radius 3 is 2.38 bits per heavy atom. The highest BCUT2D eigenvalue weighted by atomic mass is 19.1. The number of aliphatic hydroxyl groups is 3. The Hall–Kier alpha value is -0.560. The van der Waals surface area contributed by atoms with Crippen LogP contribution in [-0.2, 0) is 9.53 Å². The lowest BCUT2D eigenvalue weighted by atomic mass is 10.1. The van der Waals surface area contributed by atoms with Gasteiger partial charge < -0.3 is 24.9 Å². The maximum absolute atomic E-state index is 12.7. The van der Waals surface area contributed by atoms with Crippen LogP contribution in [0.15, 0.2) is 0 Å². The zero-order chi connectivity index (χ0) is 10.4. The SMILES string of the molecule is COC(C(F)C=O)C(O)C(O)CO. The fourth-order valence-electron chi connectivity index (χ4n) is 0.862. The van der Waals surface area contributed by atoms with Gasteiger partial charge in [-0.05, 0) is 0 Å². The number of ether oxygens (including phenoxy) is 1. The molecule has 0 aliphatic rings. The Morgan fingerprint density at radius 1 is 1.54 bits per heavy atom. The van der Waals surface area contributed by atoms with Crippen LogP contribution < -0.4 is 0 Å². The van der Waals surface area contributed by atoms with Crippen LogP contribution in [0.1, 0.15) is 0 Å². The van der Waals surface area contributed by atoms with Gasteiger partial charge in [0.15, 0.2) is 12.5 Å². The molecule has 4 atom stereocenters. The first-order valence-electron chi connectivity index (χ1n) is 3.67. The van der Waals surface area contributed by atoms with E-state index in [4.69, 9.17) is 15.3 Å². The molecule has 0 saturated carbocycles. The molecule has 0 aromatic heterocycles. The Balaban J connectivity index is 4.29. The summed E-state index contributed by atoms with van der Waals surface area (Å²) in [4.78, 5) is 10.0. The fourth-order valence-corrected chi connectivity index (χ4v) is 0.862. The Labute approximate surface area is 74.8 Å². The van der Waals surface area contributed by atoms with Crippen LogP contribution in [0.25, 0.3) is 0 Å². The van der Waals surface area contributed by atoms with E-state index in [2.05, 4.69) is 4.74 Å². The topological polar surface area (TPSA) is 87.0 Å². The number of halogens is 1. The molecule has 0 radical (unpaired) electrons. The van der Waals surface area contributed by atoms with E-state index < -0.39 is 31.1 Å². The highest BCUT2D eigenvalue weighted by Gasteiger charge is 2.32. The van der Waals surface area contributed by atoms with Crippen LogP contribution in [0.4, 0.5) is 4.39 Å². The molecule has 6 heteroatoms. The number of aliphatic hydroxyl groups excluding tert-OH is 3. The molecule has 78 valence electrons. The van der Waals surface area contributed by atoms with Crippen LogP contribution in [0.3, 0.4) is 0 Å². The van der Waals surface area contributed by atoms with Crippen molar-refractivity contribution in [2.24, 2.45) is 0 Å². The number of alkyl halides is 1. The molecular formula is C7H13FO5. The minimum atomic E-state index is -2.03. The molecule has 0 saturated heterocycles. The van der Waals surface area contributed by atoms with Crippen molar-refractivity contribution in [3.05, 3.63) is 0 Å². The van der Waals surface area contributed by atoms with E-state index in [9.17, 15) is 9.18 Å². The highest BCUT2D eigenvalue weighted by Crippen LogP contribution is 2.09. The van der Waals surface area contributed by atoms with Gasteiger partial charge in [0.2, 0.25) is 0 Å². The van der Waals surface area contributed by atoms with Crippen molar-refractivity contribution in [3.63, 3.8) is 0 Å². The summed E-state index contributed by atoms with van der Waals surface area (Å²) < 4.78 is 17.2. The van der Waals surface area contributed by atoms with Crippen LogP contribution in [0, 0.1) is 0 Å². The van der Waals surface area contributed by atoms with E-state index in [-0.39, 0.29) is 6.29 Å². The molecule has 0 aliphatic carbocycles. The third-order valence-electron chi connectivity index (χ3n) is 1.63. The zero-order valence-corrected chi connectivity index (χ0v) is 7.13. The van der Waals surface area contributed by atoms with E-state index in [1.165, 1.54) is 0 Å². The number of carbonyl (C=O) groups excluding carboxylic acids is 1. The van der Waals surface area contributed by atoms with Gasteiger partial charge >= 0.3 is 0 Å². The van der Waals surface area contributed by atoms with Gasteiger partial charge in [0.1, 0.15) is 18.3 Å². The van der Waals surface area contributed by atoms with Crippen molar-refractivity contribution in [3.8, 4) is 0 Å². The van der Waals surface area contributed by atoms with Crippen LogP contribution in [-0.4, -0.2) is 59.8 Å². The van der Waals surface area contributed by atoms with Crippen molar-refractivity contribution in [2.45, 2.75) is 24.5 Å². The molecule has 5 nitrogen and oxygen atoms in total. The number of aldehydes is 1. The van der Waals surface area contributed by atoms with Crippen LogP contribution >= 0.6 is 0 Å². The third-order valence-corrected chi connectivity index (χ3v) is 1.63. The smallest absolute Gasteiger partial charge is 0.184 e. The van der Waals surface area contributed by atoms with Gasteiger partial charge in [-0.15, -0.1) is 0 Å². The second-order valence-electron chi connectivity index (χ2n) is 2.52. The molecule has 4 unspecified atom stereocenters. The largest absolute Gasteiger partial charge is 0.394 e. The predicted octanol–water partition coefficient (Wildman–Crippen LogP) is -1.75. The summed E-state index contributed by atoms with van der Waals surface area (Å²) in [7, 11) is 1.09. The molecule has 3 N–H and O–H groups in total. The maximum atomic E-state index is 12.7. The lowest BCUT2D eigenvalue weighted by Crippen LogP contribution is -2.46. The van der Waals surface area contributed by atoms with Crippen molar-refractivity contribution < 1.29 is 29.2 Å². The standard InChI is InChI=1S/C7H13FO5/c1-13-7(4(8)2-9)6(12)5(11)3-10/h2,4-7,10-12H,3H2,1H3. The average molecular weight is 196 g/mol. The summed E-state index contributed by atoms with van der Waals surface area (Å²) in [6, 6.07) is 0. The summed E-state index contributed by atoms with van der Waals surface area (Å²) >= 11 is 0. The number of hydrogen-bond donors (Lipinski definition) is 3. The highest BCUT2D eigenvalue weighted by molar-refractivity contribution is 5.57. The minimum absolute atomic E-state index is 0.0402. The number of hydrogen-bond acceptors (Lipinski definition) is 5. The zero-order valence-electron chi connectivity index (χ0n) is 7.13. The van der Waals surface area contributed by atoms with Crippen molar-refractivity contribution >= 4 is 6.29 Å². The Kier molecular flexibility index (Phi) is 5.72. The minimum Gasteiger partial charge on any atom is -0.394 e. The molecule has 0 rings (SSSR count). The van der Waals surface area contributed by atoms with E-state index in [0.29, 0.717) is 0 Å². The molecule has 0 aliphatic heterocycles. The van der Waals surface area contributed by atoms with Crippen molar-refractivity contribution in [2.75, 3.05) is 13.7 Å². The van der Waals surface area contributed by atoms with E-state index in [0.717, 1.165) is 7.11 Å².